The molecule has 1 atom stereocenters. The van der Waals surface area contributed by atoms with Gasteiger partial charge >= 0.3 is 7.12 Å². The third-order valence-corrected chi connectivity index (χ3v) is 11.9. The van der Waals surface area contributed by atoms with Gasteiger partial charge in [0.2, 0.25) is 0 Å². The van der Waals surface area contributed by atoms with Crippen LogP contribution in [0.5, 0.6) is 0 Å². The maximum Gasteiger partial charge on any atom is 0.494 e. The molecule has 0 spiro atoms. The second-order valence-corrected chi connectivity index (χ2v) is 15.3. The van der Waals surface area contributed by atoms with Crippen LogP contribution in [0, 0.1) is 0 Å². The molecule has 0 saturated carbocycles. The number of benzene rings is 5. The Bertz CT molecular complexity index is 2210. The first-order chi connectivity index (χ1) is 22.7. The molecule has 0 bridgehead atoms. The average molecular weight is 632 g/mol. The summed E-state index contributed by atoms with van der Waals surface area (Å²) in [7, 11) is -0.973. The molecular formula is C40H35BN3O2P. The molecule has 0 radical (unpaired) electrons. The predicted octanol–water partition coefficient (Wildman–Crippen LogP) is 9.67. The predicted molar refractivity (Wildman–Crippen MR) is 196 cm³/mol. The molecule has 8 rings (SSSR count). The van der Waals surface area contributed by atoms with Gasteiger partial charge in [-0.1, -0.05) is 115 Å². The first-order valence-electron chi connectivity index (χ1n) is 16.0. The molecule has 5 nitrogen and oxygen atoms in total. The molecule has 1 saturated heterocycles. The Kier molecular flexibility index (Phi) is 7.14. The molecule has 0 N–H and O–H groups in total. The van der Waals surface area contributed by atoms with Gasteiger partial charge in [-0.3, -0.25) is 0 Å². The van der Waals surface area contributed by atoms with Crippen LogP contribution >= 0.6 is 7.53 Å². The van der Waals surface area contributed by atoms with Gasteiger partial charge in [0.25, 0.3) is 0 Å². The number of fused-ring (bicyclic) bond motifs is 3. The maximum absolute atomic E-state index is 6.51. The Balaban J connectivity index is 1.36. The highest BCUT2D eigenvalue weighted by molar-refractivity contribution is 7.59. The lowest BCUT2D eigenvalue weighted by Crippen LogP contribution is -2.41. The van der Waals surface area contributed by atoms with E-state index in [0.717, 1.165) is 33.3 Å². The summed E-state index contributed by atoms with van der Waals surface area (Å²) >= 11 is 0. The summed E-state index contributed by atoms with van der Waals surface area (Å²) in [5.74, 6) is 1.86. The first-order valence-corrected chi connectivity index (χ1v) is 17.8. The number of rotatable bonds is 5. The van der Waals surface area contributed by atoms with Crippen molar-refractivity contribution in [2.45, 2.75) is 38.9 Å². The lowest BCUT2D eigenvalue weighted by Gasteiger charge is -2.32. The van der Waals surface area contributed by atoms with Gasteiger partial charge in [-0.15, -0.1) is 7.53 Å². The minimum absolute atomic E-state index is 0.454. The zero-order valence-electron chi connectivity index (χ0n) is 27.2. The van der Waals surface area contributed by atoms with E-state index in [1.54, 1.807) is 0 Å². The summed E-state index contributed by atoms with van der Waals surface area (Å²) in [5.41, 5.74) is 4.96. The van der Waals surface area contributed by atoms with Gasteiger partial charge in [0.05, 0.1) is 11.2 Å². The molecule has 7 aromatic rings. The third-order valence-electron chi connectivity index (χ3n) is 9.73. The van der Waals surface area contributed by atoms with Crippen molar-refractivity contribution in [1.82, 2.24) is 15.0 Å². The summed E-state index contributed by atoms with van der Waals surface area (Å²) in [6.45, 7) is 10.7. The van der Waals surface area contributed by atoms with Crippen LogP contribution in [-0.2, 0) is 16.0 Å². The van der Waals surface area contributed by atoms with E-state index in [1.165, 1.54) is 21.0 Å². The molecule has 7 heteroatoms. The smallest absolute Gasteiger partial charge is 0.399 e. The van der Waals surface area contributed by atoms with E-state index in [9.17, 15) is 0 Å². The van der Waals surface area contributed by atoms with Crippen molar-refractivity contribution in [3.63, 3.8) is 0 Å². The number of hydrogen-bond donors (Lipinski definition) is 0. The maximum atomic E-state index is 6.51. The van der Waals surface area contributed by atoms with Crippen LogP contribution in [0.3, 0.4) is 0 Å². The topological polar surface area (TPSA) is 57.1 Å². The fourth-order valence-electron chi connectivity index (χ4n) is 6.38. The van der Waals surface area contributed by atoms with E-state index >= 15 is 0 Å². The molecule has 47 heavy (non-hydrogen) atoms. The van der Waals surface area contributed by atoms with Gasteiger partial charge in [0, 0.05) is 26.9 Å². The molecule has 2 aromatic heterocycles. The van der Waals surface area contributed by atoms with Gasteiger partial charge in [-0.2, -0.15) is 0 Å². The molecule has 5 aromatic carbocycles. The van der Waals surface area contributed by atoms with Crippen molar-refractivity contribution in [3.05, 3.63) is 121 Å². The summed E-state index contributed by atoms with van der Waals surface area (Å²) in [6.07, 6.45) is 0. The second kappa shape index (κ2) is 11.3. The summed E-state index contributed by atoms with van der Waals surface area (Å²) in [6, 6.07) is 42.3. The summed E-state index contributed by atoms with van der Waals surface area (Å²) in [4.78, 5) is 15.2. The normalized spacial score (nSPS) is 15.9. The highest BCUT2D eigenvalue weighted by atomic mass is 31.1. The molecule has 1 unspecified atom stereocenters. The highest BCUT2D eigenvalue weighted by Gasteiger charge is 2.51. The minimum Gasteiger partial charge on any atom is -0.399 e. The highest BCUT2D eigenvalue weighted by Crippen LogP contribution is 2.48. The molecule has 1 aliphatic rings. The number of aryl methyl sites for hydroxylation is 1. The molecule has 1 fully saturated rings. The Hall–Kier alpha value is -4.61. The fourth-order valence-corrected chi connectivity index (χ4v) is 8.40. The van der Waals surface area contributed by atoms with Crippen molar-refractivity contribution < 1.29 is 9.31 Å². The van der Waals surface area contributed by atoms with Crippen LogP contribution < -0.4 is 5.46 Å². The quantitative estimate of drug-likeness (QED) is 0.177. The lowest BCUT2D eigenvalue weighted by atomic mass is 9.77. The number of aromatic nitrogens is 3. The van der Waals surface area contributed by atoms with Crippen LogP contribution in [0.25, 0.3) is 66.3 Å². The third kappa shape index (κ3) is 5.18. The number of nitrogens with zero attached hydrogens (tertiary/aromatic N) is 3. The minimum atomic E-state index is -0.519. The van der Waals surface area contributed by atoms with Gasteiger partial charge in [-0.25, -0.2) is 15.0 Å². The molecular weight excluding hydrogens is 596 g/mol. The second-order valence-electron chi connectivity index (χ2n) is 13.2. The molecule has 1 aliphatic heterocycles. The van der Waals surface area contributed by atoms with Crippen LogP contribution in [-0.4, -0.2) is 33.3 Å². The van der Waals surface area contributed by atoms with Gasteiger partial charge in [0.15, 0.2) is 17.5 Å². The SMILES string of the molecule is Cp1c2ccccc2c2ccc(-c3ccc(B4OC(C)(C)C(C)(C)O4)cc3-c3nc(-c4ccccc4)nc(-c4ccccc4)n3)cc21. The molecule has 3 heterocycles. The van der Waals surface area contributed by atoms with Crippen LogP contribution in [0.2, 0.25) is 0 Å². The summed E-state index contributed by atoms with van der Waals surface area (Å²) in [5, 5.41) is 5.50. The van der Waals surface area contributed by atoms with Crippen molar-refractivity contribution >= 4 is 41.1 Å². The summed E-state index contributed by atoms with van der Waals surface area (Å²) < 4.78 is 13.0. The Morgan fingerprint density at radius 2 is 1.06 bits per heavy atom. The van der Waals surface area contributed by atoms with E-state index in [-0.39, 0.29) is 0 Å². The lowest BCUT2D eigenvalue weighted by molar-refractivity contribution is 0.00578. The standard InChI is InChI=1S/C40H35BN3O2P/c1-39(2)40(3,4)46-41(45-39)29-21-23-30(28-20-22-32-31-18-12-13-19-34(31)47(5)35(32)24-28)33(25-29)38-43-36(26-14-8-6-9-15-26)42-37(44-38)27-16-10-7-11-17-27/h6-25H,1-5H3. The average Bonchev–Trinajstić information content (AvgIpc) is 3.51. The molecule has 0 amide bonds. The van der Waals surface area contributed by atoms with Crippen LogP contribution in [0.4, 0.5) is 0 Å². The largest absolute Gasteiger partial charge is 0.494 e. The van der Waals surface area contributed by atoms with Crippen molar-refractivity contribution in [1.29, 1.82) is 0 Å². The number of hydrogen-bond acceptors (Lipinski definition) is 5. The zero-order chi connectivity index (χ0) is 32.3. The Labute approximate surface area is 276 Å². The van der Waals surface area contributed by atoms with E-state index in [0.29, 0.717) is 17.5 Å². The fraction of sp³-hybridized carbons (Fsp3) is 0.175. The van der Waals surface area contributed by atoms with Gasteiger partial charge in [0.1, 0.15) is 0 Å². The molecule has 0 aliphatic carbocycles. The van der Waals surface area contributed by atoms with Crippen molar-refractivity contribution in [3.8, 4) is 45.3 Å². The Morgan fingerprint density at radius 3 is 1.70 bits per heavy atom. The monoisotopic (exact) mass is 631 g/mol. The van der Waals surface area contributed by atoms with E-state index in [1.807, 2.05) is 60.7 Å². The van der Waals surface area contributed by atoms with Gasteiger partial charge < -0.3 is 9.31 Å². The van der Waals surface area contributed by atoms with Crippen molar-refractivity contribution in [2.75, 3.05) is 0 Å². The first kappa shape index (κ1) is 29.8. The zero-order valence-corrected chi connectivity index (χ0v) is 28.1. The van der Waals surface area contributed by atoms with Crippen LogP contribution in [0.15, 0.2) is 121 Å². The van der Waals surface area contributed by atoms with Gasteiger partial charge in [-0.05, 0) is 67.8 Å². The van der Waals surface area contributed by atoms with E-state index in [4.69, 9.17) is 24.3 Å². The Morgan fingerprint density at radius 1 is 0.511 bits per heavy atom. The van der Waals surface area contributed by atoms with Crippen molar-refractivity contribution in [2.24, 2.45) is 6.66 Å². The van der Waals surface area contributed by atoms with E-state index < -0.39 is 25.9 Å². The van der Waals surface area contributed by atoms with Crippen LogP contribution in [0.1, 0.15) is 27.7 Å². The van der Waals surface area contributed by atoms with E-state index in [2.05, 4.69) is 95.0 Å². The molecule has 230 valence electrons.